The van der Waals surface area contributed by atoms with Gasteiger partial charge in [0, 0.05) is 22.1 Å². The molecule has 2 rings (SSSR count). The van der Waals surface area contributed by atoms with Gasteiger partial charge in [0.15, 0.2) is 0 Å². The minimum Gasteiger partial charge on any atom is -0.411 e. The van der Waals surface area contributed by atoms with Crippen molar-refractivity contribution in [3.05, 3.63) is 34.3 Å². The predicted octanol–water partition coefficient (Wildman–Crippen LogP) is 2.91. The van der Waals surface area contributed by atoms with Crippen LogP contribution in [0.2, 0.25) is 5.02 Å². The van der Waals surface area contributed by atoms with E-state index < -0.39 is 0 Å². The molecule has 76 valence electrons. The van der Waals surface area contributed by atoms with Crippen molar-refractivity contribution in [1.29, 1.82) is 0 Å². The largest absolute Gasteiger partial charge is 0.411 e. The first-order valence-corrected chi connectivity index (χ1v) is 5.16. The highest BCUT2D eigenvalue weighted by Crippen LogP contribution is 2.27. The maximum atomic E-state index is 8.50. The molecule has 0 heterocycles. The van der Waals surface area contributed by atoms with Crippen molar-refractivity contribution >= 4 is 17.8 Å². The van der Waals surface area contributed by atoms with Gasteiger partial charge in [-0.25, -0.2) is 0 Å². The summed E-state index contributed by atoms with van der Waals surface area (Å²) in [7, 11) is 0. The molecule has 1 N–H and O–H groups in total. The fraction of sp³-hybridized carbons (Fsp3) is 0.250. The minimum atomic E-state index is 0.555. The maximum Gasteiger partial charge on any atom is 0.0746 e. The van der Waals surface area contributed by atoms with Gasteiger partial charge < -0.3 is 5.21 Å². The van der Waals surface area contributed by atoms with Gasteiger partial charge >= 0.3 is 0 Å². The summed E-state index contributed by atoms with van der Waals surface area (Å²) < 4.78 is 0. The Morgan fingerprint density at radius 3 is 2.93 bits per heavy atom. The van der Waals surface area contributed by atoms with Crippen LogP contribution in [0.1, 0.15) is 24.0 Å². The summed E-state index contributed by atoms with van der Waals surface area (Å²) in [6, 6.07) is 5.36. The van der Waals surface area contributed by atoms with Gasteiger partial charge in [0.25, 0.3) is 0 Å². The van der Waals surface area contributed by atoms with Crippen LogP contribution in [-0.2, 0) is 0 Å². The van der Waals surface area contributed by atoms with E-state index in [1.807, 2.05) is 6.07 Å². The molecule has 0 saturated heterocycles. The molecule has 15 heavy (non-hydrogen) atoms. The fourth-order valence-electron chi connectivity index (χ4n) is 1.22. The normalized spacial score (nSPS) is 15.0. The molecule has 1 aromatic rings. The highest BCUT2D eigenvalue weighted by Gasteiger charge is 2.17. The van der Waals surface area contributed by atoms with E-state index in [1.54, 1.807) is 12.1 Å². The fourth-order valence-corrected chi connectivity index (χ4v) is 1.40. The van der Waals surface area contributed by atoms with Crippen LogP contribution in [0, 0.1) is 17.8 Å². The van der Waals surface area contributed by atoms with Gasteiger partial charge in [-0.1, -0.05) is 28.6 Å². The second-order valence-corrected chi connectivity index (χ2v) is 3.96. The highest BCUT2D eigenvalue weighted by atomic mass is 35.5. The molecule has 1 aromatic carbocycles. The molecule has 1 aliphatic carbocycles. The second kappa shape index (κ2) is 4.37. The molecule has 2 nitrogen and oxygen atoms in total. The van der Waals surface area contributed by atoms with E-state index in [4.69, 9.17) is 16.8 Å². The number of rotatable bonds is 1. The molecule has 1 saturated carbocycles. The molecule has 0 spiro atoms. The zero-order chi connectivity index (χ0) is 10.7. The Bertz CT molecular complexity index is 452. The molecule has 0 aliphatic heterocycles. The average molecular weight is 220 g/mol. The summed E-state index contributed by atoms with van der Waals surface area (Å²) >= 11 is 5.84. The van der Waals surface area contributed by atoms with Gasteiger partial charge in [-0.05, 0) is 31.0 Å². The van der Waals surface area contributed by atoms with Crippen LogP contribution in [0.5, 0.6) is 0 Å². The average Bonchev–Trinajstić information content (AvgIpc) is 3.01. The van der Waals surface area contributed by atoms with E-state index in [-0.39, 0.29) is 0 Å². The van der Waals surface area contributed by atoms with E-state index in [1.165, 1.54) is 19.1 Å². The Hall–Kier alpha value is -1.46. The third-order valence-electron chi connectivity index (χ3n) is 2.20. The lowest BCUT2D eigenvalue weighted by Crippen LogP contribution is -1.88. The minimum absolute atomic E-state index is 0.555. The lowest BCUT2D eigenvalue weighted by Gasteiger charge is -1.97. The maximum absolute atomic E-state index is 8.50. The van der Waals surface area contributed by atoms with Crippen molar-refractivity contribution in [1.82, 2.24) is 0 Å². The van der Waals surface area contributed by atoms with Crippen LogP contribution in [-0.4, -0.2) is 11.4 Å². The number of benzene rings is 1. The Labute approximate surface area is 93.6 Å². The summed E-state index contributed by atoms with van der Waals surface area (Å²) in [6.45, 7) is 0. The van der Waals surface area contributed by atoms with Crippen LogP contribution in [0.4, 0.5) is 0 Å². The summed E-state index contributed by atoms with van der Waals surface area (Å²) in [5.41, 5.74) is 1.60. The number of halogens is 1. The first kappa shape index (κ1) is 10.1. The Kier molecular flexibility index (Phi) is 2.94. The number of nitrogens with zero attached hydrogens (tertiary/aromatic N) is 1. The first-order valence-electron chi connectivity index (χ1n) is 4.78. The monoisotopic (exact) mass is 219 g/mol. The Balaban J connectivity index is 2.32. The molecule has 0 radical (unpaired) electrons. The smallest absolute Gasteiger partial charge is 0.0746 e. The van der Waals surface area contributed by atoms with Crippen LogP contribution >= 0.6 is 11.6 Å². The van der Waals surface area contributed by atoms with Gasteiger partial charge in [-0.15, -0.1) is 0 Å². The SMILES string of the molecule is O/N=C/c1cc(Cl)ccc1C#CC1CC1. The van der Waals surface area contributed by atoms with Gasteiger partial charge in [-0.3, -0.25) is 0 Å². The lowest BCUT2D eigenvalue weighted by atomic mass is 10.1. The molecule has 1 fully saturated rings. The quantitative estimate of drug-likeness (QED) is 0.335. The van der Waals surface area contributed by atoms with Crippen molar-refractivity contribution in [2.45, 2.75) is 12.8 Å². The molecule has 1 aliphatic rings. The standard InChI is InChI=1S/C12H10ClNO/c13-12-6-5-10(4-3-9-1-2-9)11(7-12)8-14-15/h5-9,15H,1-2H2/b14-8+. The second-order valence-electron chi connectivity index (χ2n) is 3.52. The zero-order valence-electron chi connectivity index (χ0n) is 8.07. The molecule has 0 bridgehead atoms. The predicted molar refractivity (Wildman–Crippen MR) is 60.4 cm³/mol. The lowest BCUT2D eigenvalue weighted by molar-refractivity contribution is 0.322. The molecular weight excluding hydrogens is 210 g/mol. The molecule has 3 heteroatoms. The molecule has 0 unspecified atom stereocenters. The zero-order valence-corrected chi connectivity index (χ0v) is 8.83. The van der Waals surface area contributed by atoms with E-state index in [0.29, 0.717) is 10.9 Å². The van der Waals surface area contributed by atoms with Crippen molar-refractivity contribution in [3.63, 3.8) is 0 Å². The third kappa shape index (κ3) is 2.74. The van der Waals surface area contributed by atoms with Crippen molar-refractivity contribution in [2.24, 2.45) is 11.1 Å². The van der Waals surface area contributed by atoms with E-state index >= 15 is 0 Å². The van der Waals surface area contributed by atoms with E-state index in [2.05, 4.69) is 17.0 Å². The van der Waals surface area contributed by atoms with Crippen LogP contribution in [0.15, 0.2) is 23.4 Å². The van der Waals surface area contributed by atoms with Crippen molar-refractivity contribution in [3.8, 4) is 11.8 Å². The van der Waals surface area contributed by atoms with Crippen molar-refractivity contribution in [2.75, 3.05) is 0 Å². The number of hydrogen-bond acceptors (Lipinski definition) is 2. The molecule has 0 atom stereocenters. The number of oxime groups is 1. The number of hydrogen-bond donors (Lipinski definition) is 1. The summed E-state index contributed by atoms with van der Waals surface area (Å²) in [5.74, 6) is 6.79. The summed E-state index contributed by atoms with van der Waals surface area (Å²) in [4.78, 5) is 0. The highest BCUT2D eigenvalue weighted by molar-refractivity contribution is 6.30. The van der Waals surface area contributed by atoms with Crippen molar-refractivity contribution < 1.29 is 5.21 Å². The van der Waals surface area contributed by atoms with Gasteiger partial charge in [-0.2, -0.15) is 0 Å². The molecular formula is C12H10ClNO. The summed E-state index contributed by atoms with van der Waals surface area (Å²) in [6.07, 6.45) is 3.75. The van der Waals surface area contributed by atoms with Gasteiger partial charge in [0.05, 0.1) is 6.21 Å². The van der Waals surface area contributed by atoms with E-state index in [0.717, 1.165) is 11.1 Å². The Morgan fingerprint density at radius 1 is 1.47 bits per heavy atom. The van der Waals surface area contributed by atoms with E-state index in [9.17, 15) is 0 Å². The molecule has 0 amide bonds. The van der Waals surface area contributed by atoms with Crippen LogP contribution in [0.25, 0.3) is 0 Å². The summed E-state index contributed by atoms with van der Waals surface area (Å²) in [5, 5.41) is 12.1. The third-order valence-corrected chi connectivity index (χ3v) is 2.43. The van der Waals surface area contributed by atoms with Gasteiger partial charge in [0.2, 0.25) is 0 Å². The Morgan fingerprint density at radius 2 is 2.27 bits per heavy atom. The van der Waals surface area contributed by atoms with Crippen LogP contribution in [0.3, 0.4) is 0 Å². The van der Waals surface area contributed by atoms with Crippen LogP contribution < -0.4 is 0 Å². The first-order chi connectivity index (χ1) is 7.29. The topological polar surface area (TPSA) is 32.6 Å². The molecule has 0 aromatic heterocycles. The van der Waals surface area contributed by atoms with Gasteiger partial charge in [0.1, 0.15) is 0 Å².